The van der Waals surface area contributed by atoms with Crippen molar-refractivity contribution in [1.82, 2.24) is 9.78 Å². The Balaban J connectivity index is 2.60. The average molecular weight is 341 g/mol. The molecule has 0 fully saturated rings. The number of rotatable bonds is 6. The minimum Gasteiger partial charge on any atom is -0.369 e. The van der Waals surface area contributed by atoms with Crippen LogP contribution in [-0.4, -0.2) is 22.6 Å². The fourth-order valence-electron chi connectivity index (χ4n) is 2.49. The molecule has 0 saturated carbocycles. The third-order valence-electron chi connectivity index (χ3n) is 3.67. The number of thioether (sulfide) groups is 1. The molecule has 0 atom stereocenters. The Labute approximate surface area is 147 Å². The van der Waals surface area contributed by atoms with E-state index in [2.05, 4.69) is 42.3 Å². The molecule has 1 heterocycles. The van der Waals surface area contributed by atoms with Gasteiger partial charge in [-0.3, -0.25) is 4.79 Å². The average Bonchev–Trinajstić information content (AvgIpc) is 2.57. The predicted molar refractivity (Wildman–Crippen MR) is 103 cm³/mol. The van der Waals surface area contributed by atoms with Gasteiger partial charge in [0.2, 0.25) is 0 Å². The van der Waals surface area contributed by atoms with E-state index < -0.39 is 0 Å². The highest BCUT2D eigenvalue weighted by atomic mass is 32.2. The lowest BCUT2D eigenvalue weighted by atomic mass is 10.1. The summed E-state index contributed by atoms with van der Waals surface area (Å²) in [6.07, 6.45) is 7.38. The fourth-order valence-corrected chi connectivity index (χ4v) is 2.90. The zero-order valence-corrected chi connectivity index (χ0v) is 15.4. The lowest BCUT2D eigenvalue weighted by molar-refractivity contribution is 0.465. The number of anilines is 1. The third kappa shape index (κ3) is 4.01. The summed E-state index contributed by atoms with van der Waals surface area (Å²) in [5.41, 5.74) is 3.04. The topological polar surface area (TPSA) is 46.9 Å². The van der Waals surface area contributed by atoms with E-state index in [4.69, 9.17) is 6.42 Å². The third-order valence-corrected chi connectivity index (χ3v) is 4.41. The van der Waals surface area contributed by atoms with Gasteiger partial charge in [0.15, 0.2) is 0 Å². The molecule has 4 nitrogen and oxygen atoms in total. The first kappa shape index (κ1) is 18.2. The van der Waals surface area contributed by atoms with Crippen molar-refractivity contribution in [1.29, 1.82) is 0 Å². The molecule has 0 bridgehead atoms. The summed E-state index contributed by atoms with van der Waals surface area (Å²) >= 11 is 1.70. The Kier molecular flexibility index (Phi) is 6.10. The van der Waals surface area contributed by atoms with Gasteiger partial charge in [-0.2, -0.15) is 5.10 Å². The summed E-state index contributed by atoms with van der Waals surface area (Å²) in [5.74, 6) is 2.85. The molecule has 0 aliphatic rings. The zero-order chi connectivity index (χ0) is 17.7. The highest BCUT2D eigenvalue weighted by molar-refractivity contribution is 7.98. The van der Waals surface area contributed by atoms with Crippen LogP contribution in [0.25, 0.3) is 11.3 Å². The van der Waals surface area contributed by atoms with E-state index in [1.54, 1.807) is 11.8 Å². The van der Waals surface area contributed by atoms with Crippen LogP contribution in [0.15, 0.2) is 34.0 Å². The Bertz CT molecular complexity index is 801. The Morgan fingerprint density at radius 3 is 2.54 bits per heavy atom. The van der Waals surface area contributed by atoms with Crippen molar-refractivity contribution in [2.24, 2.45) is 5.92 Å². The number of terminal acetylenes is 1. The van der Waals surface area contributed by atoms with Gasteiger partial charge in [-0.1, -0.05) is 31.9 Å². The van der Waals surface area contributed by atoms with Crippen LogP contribution in [-0.2, 0) is 6.54 Å². The van der Waals surface area contributed by atoms with E-state index in [0.29, 0.717) is 24.7 Å². The molecule has 0 aliphatic carbocycles. The minimum absolute atomic E-state index is 0.124. The monoisotopic (exact) mass is 341 g/mol. The van der Waals surface area contributed by atoms with Gasteiger partial charge in [0, 0.05) is 22.6 Å². The maximum Gasteiger partial charge on any atom is 0.290 e. The number of aromatic nitrogens is 2. The molecule has 1 N–H and O–H groups in total. The van der Waals surface area contributed by atoms with Gasteiger partial charge in [0.25, 0.3) is 5.56 Å². The number of hydrogen-bond donors (Lipinski definition) is 1. The quantitative estimate of drug-likeness (QED) is 0.644. The molecule has 1 aromatic carbocycles. The van der Waals surface area contributed by atoms with Crippen molar-refractivity contribution in [3.05, 3.63) is 40.2 Å². The predicted octanol–water partition coefficient (Wildman–Crippen LogP) is 3.64. The van der Waals surface area contributed by atoms with Crippen LogP contribution in [0.4, 0.5) is 5.69 Å². The highest BCUT2D eigenvalue weighted by Crippen LogP contribution is 2.26. The normalized spacial score (nSPS) is 10.7. The van der Waals surface area contributed by atoms with Crippen LogP contribution in [0.2, 0.25) is 0 Å². The maximum atomic E-state index is 12.7. The Morgan fingerprint density at radius 2 is 2.00 bits per heavy atom. The zero-order valence-electron chi connectivity index (χ0n) is 14.6. The van der Waals surface area contributed by atoms with E-state index in [1.165, 1.54) is 9.58 Å². The summed E-state index contributed by atoms with van der Waals surface area (Å²) < 4.78 is 1.54. The smallest absolute Gasteiger partial charge is 0.290 e. The van der Waals surface area contributed by atoms with E-state index in [-0.39, 0.29) is 5.56 Å². The molecular weight excluding hydrogens is 318 g/mol. The molecule has 0 radical (unpaired) electrons. The lowest BCUT2D eigenvalue weighted by Gasteiger charge is -2.16. The van der Waals surface area contributed by atoms with Gasteiger partial charge in [-0.15, -0.1) is 18.2 Å². The van der Waals surface area contributed by atoms with Crippen LogP contribution in [0.5, 0.6) is 0 Å². The molecule has 2 aromatic rings. The van der Waals surface area contributed by atoms with Gasteiger partial charge >= 0.3 is 0 Å². The second kappa shape index (κ2) is 8.07. The standard InChI is InChI=1S/C19H23N3OS/c1-6-11-20-18-14(4)17(15-7-9-16(24-5)10-8-15)21-22(19(18)23)12-13(2)3/h1,7-10,13,20H,11-12H2,2-5H3. The maximum absolute atomic E-state index is 12.7. The molecule has 0 saturated heterocycles. The largest absolute Gasteiger partial charge is 0.369 e. The molecular formula is C19H23N3OS. The van der Waals surface area contributed by atoms with Crippen molar-refractivity contribution in [2.75, 3.05) is 18.1 Å². The van der Waals surface area contributed by atoms with E-state index in [9.17, 15) is 4.79 Å². The molecule has 5 heteroatoms. The van der Waals surface area contributed by atoms with Gasteiger partial charge in [-0.25, -0.2) is 4.68 Å². The molecule has 0 amide bonds. The molecule has 0 unspecified atom stereocenters. The second-order valence-electron chi connectivity index (χ2n) is 6.02. The van der Waals surface area contributed by atoms with Gasteiger partial charge in [-0.05, 0) is 31.2 Å². The summed E-state index contributed by atoms with van der Waals surface area (Å²) in [6, 6.07) is 8.20. The number of nitrogens with one attached hydrogen (secondary N) is 1. The van der Waals surface area contributed by atoms with Crippen molar-refractivity contribution in [2.45, 2.75) is 32.2 Å². The molecule has 1 aromatic heterocycles. The molecule has 126 valence electrons. The van der Waals surface area contributed by atoms with Crippen LogP contribution >= 0.6 is 11.8 Å². The van der Waals surface area contributed by atoms with Gasteiger partial charge in [0.05, 0.1) is 12.2 Å². The number of hydrogen-bond acceptors (Lipinski definition) is 4. The summed E-state index contributed by atoms with van der Waals surface area (Å²) in [5, 5.41) is 7.68. The number of nitrogens with zero attached hydrogens (tertiary/aromatic N) is 2. The minimum atomic E-state index is -0.124. The number of benzene rings is 1. The van der Waals surface area contributed by atoms with Crippen molar-refractivity contribution < 1.29 is 0 Å². The van der Waals surface area contributed by atoms with Gasteiger partial charge in [0.1, 0.15) is 5.69 Å². The highest BCUT2D eigenvalue weighted by Gasteiger charge is 2.16. The van der Waals surface area contributed by atoms with Crippen molar-refractivity contribution in [3.8, 4) is 23.6 Å². The van der Waals surface area contributed by atoms with Crippen molar-refractivity contribution >= 4 is 17.4 Å². The first-order valence-corrected chi connectivity index (χ1v) is 9.13. The summed E-state index contributed by atoms with van der Waals surface area (Å²) in [6.45, 7) is 6.92. The summed E-state index contributed by atoms with van der Waals surface area (Å²) in [4.78, 5) is 13.9. The summed E-state index contributed by atoms with van der Waals surface area (Å²) in [7, 11) is 0. The van der Waals surface area contributed by atoms with E-state index in [0.717, 1.165) is 16.8 Å². The molecule has 2 rings (SSSR count). The van der Waals surface area contributed by atoms with E-state index >= 15 is 0 Å². The van der Waals surface area contributed by atoms with Crippen LogP contribution in [0.3, 0.4) is 0 Å². The van der Waals surface area contributed by atoms with Crippen LogP contribution < -0.4 is 10.9 Å². The van der Waals surface area contributed by atoms with Crippen LogP contribution in [0.1, 0.15) is 19.4 Å². The lowest BCUT2D eigenvalue weighted by Crippen LogP contribution is -2.29. The van der Waals surface area contributed by atoms with Crippen LogP contribution in [0, 0.1) is 25.2 Å². The molecule has 24 heavy (non-hydrogen) atoms. The van der Waals surface area contributed by atoms with Gasteiger partial charge < -0.3 is 5.32 Å². The first-order chi connectivity index (χ1) is 11.5. The SMILES string of the molecule is C#CCNc1c(C)c(-c2ccc(SC)cc2)nn(CC(C)C)c1=O. The Hall–Kier alpha value is -2.19. The first-order valence-electron chi connectivity index (χ1n) is 7.91. The second-order valence-corrected chi connectivity index (χ2v) is 6.90. The van der Waals surface area contributed by atoms with E-state index in [1.807, 2.05) is 25.3 Å². The molecule has 0 spiro atoms. The molecule has 0 aliphatic heterocycles. The fraction of sp³-hybridized carbons (Fsp3) is 0.368. The Morgan fingerprint density at radius 1 is 1.33 bits per heavy atom. The van der Waals surface area contributed by atoms with Crippen molar-refractivity contribution in [3.63, 3.8) is 0 Å².